The molecule has 0 saturated carbocycles. The molecule has 0 aliphatic heterocycles. The Morgan fingerprint density at radius 3 is 2.19 bits per heavy atom. The lowest BCUT2D eigenvalue weighted by molar-refractivity contribution is 1.63. The summed E-state index contributed by atoms with van der Waals surface area (Å²) < 4.78 is 6.53. The maximum atomic E-state index is 3.75. The lowest BCUT2D eigenvalue weighted by Crippen LogP contribution is -1.95. The zero-order valence-corrected chi connectivity index (χ0v) is 21.6. The van der Waals surface area contributed by atoms with Gasteiger partial charge < -0.3 is 0 Å². The molecule has 0 nitrogen and oxygen atoms in total. The third-order valence-electron chi connectivity index (χ3n) is 5.75. The van der Waals surface area contributed by atoms with Crippen molar-refractivity contribution >= 4 is 98.5 Å². The van der Waals surface area contributed by atoms with Crippen LogP contribution in [0.4, 0.5) is 0 Å². The molecule has 6 aromatic rings. The van der Waals surface area contributed by atoms with Gasteiger partial charge in [0.1, 0.15) is 0 Å². The zero-order valence-electron chi connectivity index (χ0n) is 17.3. The smallest absolute Gasteiger partial charge is 0.0443 e. The van der Waals surface area contributed by atoms with Crippen molar-refractivity contribution in [3.8, 4) is 11.8 Å². The molecule has 0 aliphatic carbocycles. The van der Waals surface area contributed by atoms with Crippen molar-refractivity contribution in [3.63, 3.8) is 0 Å². The monoisotopic (exact) mass is 514 g/mol. The van der Waals surface area contributed by atoms with Crippen LogP contribution >= 0.6 is 38.6 Å². The molecule has 6 rings (SSSR count). The van der Waals surface area contributed by atoms with E-state index in [1.165, 1.54) is 51.1 Å². The van der Waals surface area contributed by atoms with E-state index < -0.39 is 8.80 Å². The van der Waals surface area contributed by atoms with Gasteiger partial charge in [-0.05, 0) is 69.2 Å². The molecule has 150 valence electrons. The van der Waals surface area contributed by atoms with Gasteiger partial charge in [0, 0.05) is 65.2 Å². The summed E-state index contributed by atoms with van der Waals surface area (Å²) in [6.07, 6.45) is 0. The third kappa shape index (κ3) is 3.32. The topological polar surface area (TPSA) is 0 Å². The van der Waals surface area contributed by atoms with Crippen LogP contribution in [0.2, 0.25) is 19.1 Å². The number of hydrogen-bond donors (Lipinski definition) is 0. The predicted molar refractivity (Wildman–Crippen MR) is 148 cm³/mol. The van der Waals surface area contributed by atoms with Crippen LogP contribution in [0.1, 0.15) is 5.56 Å². The second-order valence-corrected chi connectivity index (χ2v) is 14.7. The molecule has 0 aliphatic rings. The SMILES string of the molecule is C[SiH](C)CC#Cc1cc2cc3sc4cc5c(cc4c3cc2cc1Br)sc1ccccc15. The van der Waals surface area contributed by atoms with Crippen molar-refractivity contribution in [2.75, 3.05) is 0 Å². The van der Waals surface area contributed by atoms with Gasteiger partial charge in [-0.2, -0.15) is 0 Å². The molecule has 2 heterocycles. The average molecular weight is 516 g/mol. The maximum absolute atomic E-state index is 3.75. The fourth-order valence-corrected chi connectivity index (χ4v) is 7.46. The van der Waals surface area contributed by atoms with E-state index in [1.54, 1.807) is 0 Å². The largest absolute Gasteiger partial charge is 0.135 e. The van der Waals surface area contributed by atoms with Gasteiger partial charge in [0.05, 0.1) is 0 Å². The molecule has 4 heteroatoms. The van der Waals surface area contributed by atoms with Gasteiger partial charge in [-0.1, -0.05) is 37.2 Å². The van der Waals surface area contributed by atoms with Crippen LogP contribution in [0.5, 0.6) is 0 Å². The highest BCUT2D eigenvalue weighted by atomic mass is 79.9. The van der Waals surface area contributed by atoms with Gasteiger partial charge in [0.2, 0.25) is 0 Å². The fourth-order valence-electron chi connectivity index (χ4n) is 4.21. The molecule has 0 unspecified atom stereocenters. The molecule has 0 N–H and O–H groups in total. The molecular weight excluding hydrogens is 496 g/mol. The van der Waals surface area contributed by atoms with Crippen LogP contribution in [-0.2, 0) is 0 Å². The van der Waals surface area contributed by atoms with Crippen molar-refractivity contribution in [1.82, 2.24) is 0 Å². The molecule has 0 spiro atoms. The summed E-state index contributed by atoms with van der Waals surface area (Å²) >= 11 is 7.54. The number of fused-ring (bicyclic) bond motifs is 7. The molecule has 2 aromatic heterocycles. The van der Waals surface area contributed by atoms with E-state index in [0.29, 0.717) is 0 Å². The minimum atomic E-state index is -0.644. The molecular formula is C27H19BrS2Si. The minimum absolute atomic E-state index is 0.644. The molecule has 0 atom stereocenters. The van der Waals surface area contributed by atoms with Gasteiger partial charge in [-0.3, -0.25) is 0 Å². The standard InChI is InChI=1S/C27H19BrS2Si/c1-31(2)9-5-6-16-10-17-13-25-20(11-18(17)12-23(16)28)22-15-26-21(14-27(22)30-25)19-7-3-4-8-24(19)29-26/h3-4,7-8,10-15,31H,9H2,1-2H3. The first-order valence-electron chi connectivity index (χ1n) is 10.5. The normalized spacial score (nSPS) is 11.9. The van der Waals surface area contributed by atoms with E-state index in [1.807, 2.05) is 22.7 Å². The second kappa shape index (κ2) is 7.46. The molecule has 0 radical (unpaired) electrons. The molecule has 31 heavy (non-hydrogen) atoms. The van der Waals surface area contributed by atoms with Gasteiger partial charge in [-0.25, -0.2) is 0 Å². The number of rotatable bonds is 1. The number of hydrogen-bond acceptors (Lipinski definition) is 2. The van der Waals surface area contributed by atoms with Gasteiger partial charge >= 0.3 is 0 Å². The molecule has 4 aromatic carbocycles. The third-order valence-corrected chi connectivity index (χ3v) is 9.67. The van der Waals surface area contributed by atoms with E-state index >= 15 is 0 Å². The van der Waals surface area contributed by atoms with E-state index in [9.17, 15) is 0 Å². The summed E-state index contributed by atoms with van der Waals surface area (Å²) in [5.74, 6) is 6.77. The van der Waals surface area contributed by atoms with Crippen LogP contribution in [-0.4, -0.2) is 8.80 Å². The van der Waals surface area contributed by atoms with Crippen LogP contribution in [0.25, 0.3) is 51.1 Å². The summed E-state index contributed by atoms with van der Waals surface area (Å²) in [5.41, 5.74) is 1.09. The zero-order chi connectivity index (χ0) is 21.1. The summed E-state index contributed by atoms with van der Waals surface area (Å²) in [4.78, 5) is 0. The van der Waals surface area contributed by atoms with Crippen LogP contribution in [0.15, 0.2) is 65.1 Å². The number of thiophene rings is 2. The predicted octanol–water partition coefficient (Wildman–Crippen LogP) is 9.18. The van der Waals surface area contributed by atoms with Crippen molar-refractivity contribution in [2.45, 2.75) is 19.1 Å². The Morgan fingerprint density at radius 2 is 1.39 bits per heavy atom. The summed E-state index contributed by atoms with van der Waals surface area (Å²) in [6, 6.07) is 23.7. The maximum Gasteiger partial charge on any atom is 0.0443 e. The van der Waals surface area contributed by atoms with E-state index in [4.69, 9.17) is 0 Å². The van der Waals surface area contributed by atoms with Gasteiger partial charge in [0.25, 0.3) is 0 Å². The first-order chi connectivity index (χ1) is 15.1. The van der Waals surface area contributed by atoms with Crippen LogP contribution < -0.4 is 0 Å². The van der Waals surface area contributed by atoms with E-state index in [2.05, 4.69) is 102 Å². The molecule has 0 saturated heterocycles. The Labute approximate surface area is 199 Å². The molecule has 0 fully saturated rings. The Morgan fingerprint density at radius 1 is 0.742 bits per heavy atom. The first kappa shape index (κ1) is 19.5. The minimum Gasteiger partial charge on any atom is -0.135 e. The quantitative estimate of drug-likeness (QED) is 0.151. The number of benzene rings is 4. The summed E-state index contributed by atoms with van der Waals surface area (Å²) in [7, 11) is -0.644. The number of halogens is 1. The van der Waals surface area contributed by atoms with Gasteiger partial charge in [-0.15, -0.1) is 28.6 Å². The van der Waals surface area contributed by atoms with Gasteiger partial charge in [0.15, 0.2) is 0 Å². The second-order valence-electron chi connectivity index (χ2n) is 8.47. The summed E-state index contributed by atoms with van der Waals surface area (Å²) in [5, 5.41) is 7.98. The highest BCUT2D eigenvalue weighted by Crippen LogP contribution is 2.42. The Bertz CT molecular complexity index is 1710. The molecule has 0 bridgehead atoms. The van der Waals surface area contributed by atoms with Crippen molar-refractivity contribution < 1.29 is 0 Å². The highest BCUT2D eigenvalue weighted by Gasteiger charge is 2.12. The van der Waals surface area contributed by atoms with E-state index in [0.717, 1.165) is 16.1 Å². The van der Waals surface area contributed by atoms with Crippen molar-refractivity contribution in [2.24, 2.45) is 0 Å². The lowest BCUT2D eigenvalue weighted by Gasteiger charge is -2.03. The Balaban J connectivity index is 1.57. The Hall–Kier alpha value is -2.16. The molecule has 0 amide bonds. The van der Waals surface area contributed by atoms with Crippen molar-refractivity contribution in [3.05, 3.63) is 70.7 Å². The lowest BCUT2D eigenvalue weighted by atomic mass is 10.0. The van der Waals surface area contributed by atoms with Crippen LogP contribution in [0.3, 0.4) is 0 Å². The average Bonchev–Trinajstić information content (AvgIpc) is 3.27. The first-order valence-corrected chi connectivity index (χ1v) is 16.0. The fraction of sp³-hybridized carbons (Fsp3) is 0.111. The van der Waals surface area contributed by atoms with Crippen molar-refractivity contribution in [1.29, 1.82) is 0 Å². The Kier molecular flexibility index (Phi) is 4.70. The summed E-state index contributed by atoms with van der Waals surface area (Å²) in [6.45, 7) is 4.69. The highest BCUT2D eigenvalue weighted by molar-refractivity contribution is 9.10. The van der Waals surface area contributed by atoms with E-state index in [-0.39, 0.29) is 0 Å². The van der Waals surface area contributed by atoms with Crippen LogP contribution in [0, 0.1) is 11.8 Å².